The highest BCUT2D eigenvalue weighted by atomic mass is 79.9. The number of nitrogens with two attached hydrogens (primary N) is 1. The molecule has 2 aromatic heterocycles. The summed E-state index contributed by atoms with van der Waals surface area (Å²) in [6.07, 6.45) is 2.28. The van der Waals surface area contributed by atoms with E-state index < -0.39 is 35.6 Å². The molecule has 0 aromatic carbocycles. The van der Waals surface area contributed by atoms with E-state index in [2.05, 4.69) is 25.9 Å². The van der Waals surface area contributed by atoms with E-state index in [1.54, 1.807) is 18.3 Å². The van der Waals surface area contributed by atoms with Crippen molar-refractivity contribution in [2.45, 2.75) is 24.9 Å². The highest BCUT2D eigenvalue weighted by Gasteiger charge is 2.35. The number of aromatic nitrogens is 3. The minimum atomic E-state index is -0.831. The molecule has 1 saturated heterocycles. The van der Waals surface area contributed by atoms with Gasteiger partial charge in [-0.05, 0) is 28.1 Å². The summed E-state index contributed by atoms with van der Waals surface area (Å²) in [5, 5.41) is 18.5. The van der Waals surface area contributed by atoms with Gasteiger partial charge < -0.3 is 20.7 Å². The van der Waals surface area contributed by atoms with Gasteiger partial charge in [0.25, 0.3) is 5.56 Å². The lowest BCUT2D eigenvalue weighted by molar-refractivity contribution is -0.0459. The zero-order chi connectivity index (χ0) is 19.3. The van der Waals surface area contributed by atoms with Crippen LogP contribution in [0.3, 0.4) is 0 Å². The summed E-state index contributed by atoms with van der Waals surface area (Å²) in [5.74, 6) is -0.442. The normalized spacial score (nSPS) is 21.7. The third-order valence-electron chi connectivity index (χ3n) is 3.56. The number of nitrogens with zero attached hydrogens (tertiary/aromatic N) is 2. The van der Waals surface area contributed by atoms with Gasteiger partial charge in [0.05, 0.1) is 22.7 Å². The van der Waals surface area contributed by atoms with Gasteiger partial charge in [-0.25, -0.2) is 4.79 Å². The monoisotopic (exact) mass is 428 g/mol. The Hall–Kier alpha value is -2.34. The van der Waals surface area contributed by atoms with Crippen LogP contribution in [0.1, 0.15) is 23.0 Å². The van der Waals surface area contributed by atoms with Gasteiger partial charge in [-0.1, -0.05) is 0 Å². The fraction of sp³-hybridized carbons (Fsp3) is 0.333. The van der Waals surface area contributed by atoms with Crippen molar-refractivity contribution in [2.75, 3.05) is 6.61 Å². The fourth-order valence-corrected chi connectivity index (χ4v) is 2.55. The lowest BCUT2D eigenvalue weighted by atomic mass is 10.2. The first kappa shape index (κ1) is 20.0. The molecule has 0 bridgehead atoms. The minimum Gasteiger partial charge on any atom is -0.394 e. The van der Waals surface area contributed by atoms with Crippen LogP contribution >= 0.6 is 15.9 Å². The van der Waals surface area contributed by atoms with Gasteiger partial charge in [-0.3, -0.25) is 24.1 Å². The number of rotatable bonds is 3. The number of carbonyl (C=O) groups excluding carboxylic acids is 1. The number of ether oxygens (including phenoxy) is 1. The number of pyridine rings is 1. The predicted octanol–water partition coefficient (Wildman–Crippen LogP) is -0.880. The molecule has 0 unspecified atom stereocenters. The Morgan fingerprint density at radius 1 is 1.50 bits per heavy atom. The molecule has 1 aliphatic heterocycles. The number of H-pyrrole nitrogens is 1. The van der Waals surface area contributed by atoms with E-state index in [1.807, 2.05) is 0 Å². The number of amides is 1. The summed E-state index contributed by atoms with van der Waals surface area (Å²) in [6.45, 7) is -0.322. The maximum atomic E-state index is 11.5. The third-order valence-corrected chi connectivity index (χ3v) is 4.13. The predicted molar refractivity (Wildman–Crippen MR) is 93.4 cm³/mol. The van der Waals surface area contributed by atoms with Crippen molar-refractivity contribution in [3.8, 4) is 0 Å². The second-order valence-corrected chi connectivity index (χ2v) is 6.22. The van der Waals surface area contributed by atoms with E-state index in [4.69, 9.17) is 15.6 Å². The van der Waals surface area contributed by atoms with Crippen molar-refractivity contribution in [1.82, 2.24) is 14.5 Å². The molecule has 1 amide bonds. The molecule has 2 aromatic rings. The number of aromatic amines is 1. The largest absolute Gasteiger partial charge is 0.394 e. The Labute approximate surface area is 155 Å². The van der Waals surface area contributed by atoms with Crippen LogP contribution in [0.5, 0.6) is 0 Å². The molecular formula is C15H17BrN4O6. The number of nitrogens with one attached hydrogen (secondary N) is 1. The molecule has 5 N–H and O–H groups in total. The zero-order valence-electron chi connectivity index (χ0n) is 13.4. The summed E-state index contributed by atoms with van der Waals surface area (Å²) >= 11 is 3.00. The van der Waals surface area contributed by atoms with Crippen LogP contribution in [0.15, 0.2) is 44.8 Å². The molecule has 1 fully saturated rings. The molecule has 11 heteroatoms. The van der Waals surface area contributed by atoms with Gasteiger partial charge in [0.2, 0.25) is 5.91 Å². The molecule has 0 saturated carbocycles. The lowest BCUT2D eigenvalue weighted by Gasteiger charge is -2.14. The van der Waals surface area contributed by atoms with E-state index >= 15 is 0 Å². The van der Waals surface area contributed by atoms with E-state index in [1.165, 1.54) is 17.0 Å². The van der Waals surface area contributed by atoms with Gasteiger partial charge in [-0.2, -0.15) is 0 Å². The standard InChI is InChI=1S/C9H11BrN2O5.C6H6N2O/c10-4-2-12(9(16)11-8(4)15)7-1-5(14)6(3-13)17-7;7-6(9)5-2-1-3-8-4-5/h2,5-7,13-14H,1,3H2,(H,11,15,16);1-4H,(H2,7,9)/t5-,6+,7+;/m0./s1. The maximum Gasteiger partial charge on any atom is 0.330 e. The van der Waals surface area contributed by atoms with E-state index in [-0.39, 0.29) is 17.5 Å². The Bertz CT molecular complexity index is 868. The molecule has 3 heterocycles. The number of primary amides is 1. The smallest absolute Gasteiger partial charge is 0.330 e. The van der Waals surface area contributed by atoms with Crippen LogP contribution in [0.4, 0.5) is 0 Å². The molecule has 140 valence electrons. The summed E-state index contributed by atoms with van der Waals surface area (Å²) < 4.78 is 6.67. The van der Waals surface area contributed by atoms with Crippen molar-refractivity contribution < 1.29 is 19.7 Å². The van der Waals surface area contributed by atoms with E-state index in [9.17, 15) is 19.5 Å². The fourth-order valence-electron chi connectivity index (χ4n) is 2.23. The molecule has 0 aliphatic carbocycles. The van der Waals surface area contributed by atoms with Gasteiger partial charge in [0.1, 0.15) is 12.3 Å². The lowest BCUT2D eigenvalue weighted by Crippen LogP contribution is -2.32. The number of hydrogen-bond donors (Lipinski definition) is 4. The van der Waals surface area contributed by atoms with Crippen molar-refractivity contribution in [2.24, 2.45) is 5.73 Å². The van der Waals surface area contributed by atoms with Crippen molar-refractivity contribution >= 4 is 21.8 Å². The van der Waals surface area contributed by atoms with Crippen molar-refractivity contribution in [3.05, 3.63) is 61.6 Å². The quantitative estimate of drug-likeness (QED) is 0.493. The van der Waals surface area contributed by atoms with Crippen molar-refractivity contribution in [3.63, 3.8) is 0 Å². The molecule has 26 heavy (non-hydrogen) atoms. The third kappa shape index (κ3) is 4.85. The Morgan fingerprint density at radius 2 is 2.23 bits per heavy atom. The van der Waals surface area contributed by atoms with Crippen molar-refractivity contribution in [1.29, 1.82) is 0 Å². The molecule has 0 radical (unpaired) electrons. The van der Waals surface area contributed by atoms with Gasteiger partial charge in [0.15, 0.2) is 0 Å². The second kappa shape index (κ2) is 8.85. The molecule has 3 atom stereocenters. The zero-order valence-corrected chi connectivity index (χ0v) is 15.0. The maximum absolute atomic E-state index is 11.5. The number of aliphatic hydroxyl groups excluding tert-OH is 2. The summed E-state index contributed by atoms with van der Waals surface area (Å²) in [5.41, 5.74) is 4.24. The first-order chi connectivity index (χ1) is 12.3. The van der Waals surface area contributed by atoms with Gasteiger partial charge in [0, 0.05) is 25.0 Å². The average Bonchev–Trinajstić information content (AvgIpc) is 3.00. The van der Waals surface area contributed by atoms with E-state index in [0.29, 0.717) is 5.56 Å². The number of hydrogen-bond acceptors (Lipinski definition) is 7. The summed E-state index contributed by atoms with van der Waals surface area (Å²) in [7, 11) is 0. The molecular weight excluding hydrogens is 412 g/mol. The Balaban J connectivity index is 0.000000228. The molecule has 0 spiro atoms. The summed E-state index contributed by atoms with van der Waals surface area (Å²) in [6, 6.07) is 3.29. The minimum absolute atomic E-state index is 0.184. The van der Waals surface area contributed by atoms with E-state index in [0.717, 1.165) is 0 Å². The average molecular weight is 429 g/mol. The summed E-state index contributed by atoms with van der Waals surface area (Å²) in [4.78, 5) is 38.9. The Morgan fingerprint density at radius 3 is 2.73 bits per heavy atom. The first-order valence-corrected chi connectivity index (χ1v) is 8.28. The Kier molecular flexibility index (Phi) is 6.80. The number of aliphatic hydroxyl groups is 2. The van der Waals surface area contributed by atoms with Crippen LogP contribution in [0.25, 0.3) is 0 Å². The van der Waals surface area contributed by atoms with Crippen LogP contribution in [-0.4, -0.2) is 49.5 Å². The highest BCUT2D eigenvalue weighted by Crippen LogP contribution is 2.27. The first-order valence-electron chi connectivity index (χ1n) is 7.48. The van der Waals surface area contributed by atoms with Gasteiger partial charge >= 0.3 is 5.69 Å². The molecule has 10 nitrogen and oxygen atoms in total. The van der Waals surface area contributed by atoms with Gasteiger partial charge in [-0.15, -0.1) is 0 Å². The van der Waals surface area contributed by atoms with Crippen LogP contribution < -0.4 is 17.0 Å². The number of carbonyl (C=O) groups is 1. The second-order valence-electron chi connectivity index (χ2n) is 5.36. The topological polar surface area (TPSA) is 161 Å². The molecule has 1 aliphatic rings. The van der Waals surface area contributed by atoms with Crippen LogP contribution in [0.2, 0.25) is 0 Å². The molecule has 3 rings (SSSR count). The highest BCUT2D eigenvalue weighted by molar-refractivity contribution is 9.10. The van der Waals surface area contributed by atoms with Crippen LogP contribution in [0, 0.1) is 0 Å². The SMILES string of the molecule is NC(=O)c1cccnc1.O=c1[nH]c(=O)n([C@H]2C[C@H](O)[C@@H](CO)O2)cc1Br. The van der Waals surface area contributed by atoms with Crippen LogP contribution in [-0.2, 0) is 4.74 Å². The number of halogens is 1.